The third-order valence-corrected chi connectivity index (χ3v) is 5.75. The molecule has 6 rings (SSSR count). The Morgan fingerprint density at radius 1 is 0.824 bits per heavy atom. The Kier molecular flexibility index (Phi) is 4.44. The first-order chi connectivity index (χ1) is 16.6. The number of hydrogen-bond donors (Lipinski definition) is 1. The molecule has 34 heavy (non-hydrogen) atoms. The van der Waals surface area contributed by atoms with Crippen LogP contribution in [-0.4, -0.2) is 24.7 Å². The average molecular weight is 447 g/mol. The van der Waals surface area contributed by atoms with E-state index in [0.29, 0.717) is 28.4 Å². The van der Waals surface area contributed by atoms with Crippen LogP contribution in [0.1, 0.15) is 5.89 Å². The van der Waals surface area contributed by atoms with Gasteiger partial charge in [-0.2, -0.15) is 0 Å². The summed E-state index contributed by atoms with van der Waals surface area (Å²) in [5.41, 5.74) is 2.48. The van der Waals surface area contributed by atoms with Gasteiger partial charge in [-0.3, -0.25) is 9.78 Å². The molecule has 0 amide bonds. The SMILES string of the molecule is Cc1nnc(-c2cccc(-c3ccc4c(=O)n(-c5cncc6ccccc56)c(=O)[nH]c4c3)c2)o1. The van der Waals surface area contributed by atoms with E-state index in [-0.39, 0.29) is 0 Å². The van der Waals surface area contributed by atoms with Crippen LogP contribution in [0.25, 0.3) is 49.9 Å². The van der Waals surface area contributed by atoms with Crippen molar-refractivity contribution in [1.82, 2.24) is 24.7 Å². The first-order valence-corrected chi connectivity index (χ1v) is 10.6. The molecule has 6 aromatic rings. The molecule has 0 aliphatic rings. The van der Waals surface area contributed by atoms with Gasteiger partial charge >= 0.3 is 5.69 Å². The molecule has 0 radical (unpaired) electrons. The summed E-state index contributed by atoms with van der Waals surface area (Å²) in [5, 5.41) is 9.97. The minimum atomic E-state index is -0.525. The van der Waals surface area contributed by atoms with Gasteiger partial charge in [0.2, 0.25) is 11.8 Å². The van der Waals surface area contributed by atoms with Crippen molar-refractivity contribution in [3.63, 3.8) is 0 Å². The zero-order valence-corrected chi connectivity index (χ0v) is 18.0. The van der Waals surface area contributed by atoms with Crippen LogP contribution in [0.5, 0.6) is 0 Å². The number of aromatic nitrogens is 5. The van der Waals surface area contributed by atoms with Crippen LogP contribution < -0.4 is 11.2 Å². The van der Waals surface area contributed by atoms with E-state index in [1.165, 1.54) is 6.20 Å². The molecule has 8 nitrogen and oxygen atoms in total. The van der Waals surface area contributed by atoms with Crippen molar-refractivity contribution in [3.05, 3.63) is 106 Å². The number of fused-ring (bicyclic) bond motifs is 2. The van der Waals surface area contributed by atoms with E-state index in [9.17, 15) is 9.59 Å². The largest absolute Gasteiger partial charge is 0.421 e. The minimum absolute atomic E-state index is 0.403. The third kappa shape index (κ3) is 3.20. The molecular weight excluding hydrogens is 430 g/mol. The highest BCUT2D eigenvalue weighted by Gasteiger charge is 2.14. The molecule has 0 spiro atoms. The monoisotopic (exact) mass is 447 g/mol. The Labute approximate surface area is 192 Å². The van der Waals surface area contributed by atoms with Crippen LogP contribution in [-0.2, 0) is 0 Å². The smallest absolute Gasteiger partial charge is 0.333 e. The summed E-state index contributed by atoms with van der Waals surface area (Å²) in [6, 6.07) is 20.5. The molecule has 0 atom stereocenters. The lowest BCUT2D eigenvalue weighted by molar-refractivity contribution is 0.533. The van der Waals surface area contributed by atoms with E-state index >= 15 is 0 Å². The highest BCUT2D eigenvalue weighted by molar-refractivity contribution is 5.90. The number of nitrogens with one attached hydrogen (secondary N) is 1. The molecule has 0 saturated heterocycles. The summed E-state index contributed by atoms with van der Waals surface area (Å²) in [7, 11) is 0. The van der Waals surface area contributed by atoms with Gasteiger partial charge in [-0.25, -0.2) is 9.36 Å². The van der Waals surface area contributed by atoms with Crippen molar-refractivity contribution in [3.8, 4) is 28.3 Å². The fourth-order valence-electron chi connectivity index (χ4n) is 4.14. The van der Waals surface area contributed by atoms with Gasteiger partial charge in [0, 0.05) is 29.5 Å². The molecule has 0 fully saturated rings. The molecular formula is C26H17N5O3. The van der Waals surface area contributed by atoms with Gasteiger partial charge in [0.1, 0.15) is 0 Å². The van der Waals surface area contributed by atoms with Crippen molar-refractivity contribution in [2.24, 2.45) is 0 Å². The summed E-state index contributed by atoms with van der Waals surface area (Å²) >= 11 is 0. The minimum Gasteiger partial charge on any atom is -0.421 e. The lowest BCUT2D eigenvalue weighted by Gasteiger charge is -2.10. The van der Waals surface area contributed by atoms with Crippen LogP contribution in [0.3, 0.4) is 0 Å². The Hall–Kier alpha value is -4.85. The lowest BCUT2D eigenvalue weighted by Crippen LogP contribution is -2.33. The molecule has 3 aromatic carbocycles. The Bertz CT molecular complexity index is 1830. The van der Waals surface area contributed by atoms with Gasteiger partial charge in [-0.05, 0) is 35.4 Å². The number of H-pyrrole nitrogens is 1. The number of hydrogen-bond acceptors (Lipinski definition) is 6. The van der Waals surface area contributed by atoms with Crippen LogP contribution in [0.2, 0.25) is 0 Å². The second-order valence-electron chi connectivity index (χ2n) is 7.92. The number of aromatic amines is 1. The summed E-state index contributed by atoms with van der Waals surface area (Å²) in [6.07, 6.45) is 3.24. The normalized spacial score (nSPS) is 11.3. The zero-order valence-electron chi connectivity index (χ0n) is 18.0. The Morgan fingerprint density at radius 3 is 2.50 bits per heavy atom. The number of benzene rings is 3. The van der Waals surface area contributed by atoms with Crippen molar-refractivity contribution >= 4 is 21.7 Å². The lowest BCUT2D eigenvalue weighted by atomic mass is 10.0. The second-order valence-corrected chi connectivity index (χ2v) is 7.92. The van der Waals surface area contributed by atoms with Crippen molar-refractivity contribution in [2.75, 3.05) is 0 Å². The van der Waals surface area contributed by atoms with E-state index < -0.39 is 11.2 Å². The second kappa shape index (κ2) is 7.63. The van der Waals surface area contributed by atoms with E-state index in [1.54, 1.807) is 25.3 Å². The molecule has 3 aromatic heterocycles. The summed E-state index contributed by atoms with van der Waals surface area (Å²) < 4.78 is 6.66. The van der Waals surface area contributed by atoms with Crippen molar-refractivity contribution in [1.29, 1.82) is 0 Å². The average Bonchev–Trinajstić information content (AvgIpc) is 3.30. The molecule has 0 aliphatic heterocycles. The fourth-order valence-corrected chi connectivity index (χ4v) is 4.14. The quantitative estimate of drug-likeness (QED) is 0.435. The maximum absolute atomic E-state index is 13.4. The van der Waals surface area contributed by atoms with Gasteiger partial charge < -0.3 is 9.40 Å². The molecule has 1 N–H and O–H groups in total. The van der Waals surface area contributed by atoms with E-state index in [4.69, 9.17) is 4.42 Å². The van der Waals surface area contributed by atoms with E-state index in [2.05, 4.69) is 20.2 Å². The summed E-state index contributed by atoms with van der Waals surface area (Å²) in [6.45, 7) is 1.74. The predicted octanol–water partition coefficient (Wildman–Crippen LogP) is 4.25. The van der Waals surface area contributed by atoms with Gasteiger partial charge in [-0.1, -0.05) is 42.5 Å². The molecule has 8 heteroatoms. The van der Waals surface area contributed by atoms with Gasteiger partial charge in [0.15, 0.2) is 0 Å². The molecule has 0 unspecified atom stereocenters. The maximum atomic E-state index is 13.4. The third-order valence-electron chi connectivity index (χ3n) is 5.75. The number of aryl methyl sites for hydroxylation is 1. The Balaban J connectivity index is 1.50. The fraction of sp³-hybridized carbons (Fsp3) is 0.0385. The number of nitrogens with zero attached hydrogens (tertiary/aromatic N) is 4. The van der Waals surface area contributed by atoms with Crippen LogP contribution in [0, 0.1) is 6.92 Å². The van der Waals surface area contributed by atoms with E-state index in [0.717, 1.165) is 32.0 Å². The van der Waals surface area contributed by atoms with Crippen LogP contribution in [0.15, 0.2) is 93.1 Å². The van der Waals surface area contributed by atoms with Gasteiger partial charge in [-0.15, -0.1) is 10.2 Å². The van der Waals surface area contributed by atoms with Crippen molar-refractivity contribution < 1.29 is 4.42 Å². The van der Waals surface area contributed by atoms with Crippen LogP contribution >= 0.6 is 0 Å². The first-order valence-electron chi connectivity index (χ1n) is 10.6. The number of rotatable bonds is 3. The summed E-state index contributed by atoms with van der Waals surface area (Å²) in [5.74, 6) is 0.918. The highest BCUT2D eigenvalue weighted by atomic mass is 16.4. The molecule has 164 valence electrons. The first kappa shape index (κ1) is 19.8. The van der Waals surface area contributed by atoms with Crippen molar-refractivity contribution in [2.45, 2.75) is 6.92 Å². The Morgan fingerprint density at radius 2 is 1.65 bits per heavy atom. The topological polar surface area (TPSA) is 107 Å². The number of pyridine rings is 1. The highest BCUT2D eigenvalue weighted by Crippen LogP contribution is 2.27. The van der Waals surface area contributed by atoms with E-state index in [1.807, 2.05) is 54.6 Å². The van der Waals surface area contributed by atoms with Gasteiger partial charge in [0.05, 0.1) is 22.8 Å². The maximum Gasteiger partial charge on any atom is 0.333 e. The molecule has 3 heterocycles. The summed E-state index contributed by atoms with van der Waals surface area (Å²) in [4.78, 5) is 33.5. The van der Waals surface area contributed by atoms with Gasteiger partial charge in [0.25, 0.3) is 5.56 Å². The van der Waals surface area contributed by atoms with Crippen LogP contribution in [0.4, 0.5) is 0 Å². The molecule has 0 saturated carbocycles. The molecule has 0 aliphatic carbocycles. The predicted molar refractivity (Wildman–Crippen MR) is 129 cm³/mol. The standard InChI is InChI=1S/C26H17N5O3/c1-15-29-30-24(34-15)18-7-4-6-16(11-18)17-9-10-21-22(12-17)28-26(33)31(25(21)32)23-14-27-13-19-5-2-3-8-20(19)23/h2-14H,1H3,(H,28,33). The molecule has 0 bridgehead atoms. The zero-order chi connectivity index (χ0) is 23.2.